The van der Waals surface area contributed by atoms with Crippen LogP contribution in [0.15, 0.2) is 0 Å². The highest BCUT2D eigenvalue weighted by atomic mass is 16.4. The number of benzene rings is 1. The molecule has 0 aliphatic rings. The van der Waals surface area contributed by atoms with Crippen LogP contribution < -0.4 is 11.5 Å². The fourth-order valence-corrected chi connectivity index (χ4v) is 0.980. The minimum absolute atomic E-state index is 0.592. The van der Waals surface area contributed by atoms with Crippen molar-refractivity contribution in [2.75, 3.05) is 11.5 Å². The van der Waals surface area contributed by atoms with E-state index in [-0.39, 0.29) is 0 Å². The van der Waals surface area contributed by atoms with Crippen LogP contribution in [0.3, 0.4) is 0 Å². The molecule has 0 aliphatic carbocycles. The Bertz CT molecular complexity index is 386. The molecule has 7 heteroatoms. The van der Waals surface area contributed by atoms with Crippen molar-refractivity contribution >= 4 is 17.3 Å². The SMILES string of the molecule is Nc1c(O)c(O)c(O)c(N)c1C(=O)O. The van der Waals surface area contributed by atoms with E-state index in [0.29, 0.717) is 0 Å². The first-order valence-electron chi connectivity index (χ1n) is 3.43. The molecule has 0 amide bonds. The number of carbonyl (C=O) groups is 1. The van der Waals surface area contributed by atoms with Gasteiger partial charge in [0.25, 0.3) is 0 Å². The molecule has 0 saturated heterocycles. The number of carboxylic acids is 1. The van der Waals surface area contributed by atoms with Gasteiger partial charge in [-0.2, -0.15) is 0 Å². The van der Waals surface area contributed by atoms with Crippen molar-refractivity contribution in [2.45, 2.75) is 0 Å². The summed E-state index contributed by atoms with van der Waals surface area (Å²) in [5, 5.41) is 35.8. The van der Waals surface area contributed by atoms with Crippen LogP contribution in [0.1, 0.15) is 10.4 Å². The van der Waals surface area contributed by atoms with E-state index in [1.54, 1.807) is 0 Å². The minimum Gasteiger partial charge on any atom is -0.503 e. The van der Waals surface area contributed by atoms with Crippen molar-refractivity contribution < 1.29 is 25.2 Å². The summed E-state index contributed by atoms with van der Waals surface area (Å²) in [7, 11) is 0. The largest absolute Gasteiger partial charge is 0.503 e. The number of nitrogen functional groups attached to an aromatic ring is 2. The van der Waals surface area contributed by atoms with Gasteiger partial charge >= 0.3 is 5.97 Å². The van der Waals surface area contributed by atoms with Gasteiger partial charge in [0.2, 0.25) is 5.75 Å². The van der Waals surface area contributed by atoms with E-state index in [4.69, 9.17) is 31.9 Å². The van der Waals surface area contributed by atoms with Crippen molar-refractivity contribution in [3.63, 3.8) is 0 Å². The number of hydrogen-bond donors (Lipinski definition) is 6. The molecule has 0 radical (unpaired) electrons. The molecule has 0 aliphatic heterocycles. The fraction of sp³-hybridized carbons (Fsp3) is 0. The van der Waals surface area contributed by atoms with Crippen LogP contribution in [0.2, 0.25) is 0 Å². The fourth-order valence-electron chi connectivity index (χ4n) is 0.980. The average molecular weight is 200 g/mol. The van der Waals surface area contributed by atoms with Crippen LogP contribution in [-0.4, -0.2) is 26.4 Å². The highest BCUT2D eigenvalue weighted by Gasteiger charge is 2.23. The Morgan fingerprint density at radius 3 is 1.57 bits per heavy atom. The quantitative estimate of drug-likeness (QED) is 0.206. The summed E-state index contributed by atoms with van der Waals surface area (Å²) in [6, 6.07) is 0. The van der Waals surface area contributed by atoms with Gasteiger partial charge in [0.05, 0.1) is 11.4 Å². The van der Waals surface area contributed by atoms with E-state index in [0.717, 1.165) is 0 Å². The van der Waals surface area contributed by atoms with E-state index in [9.17, 15) is 4.79 Å². The third kappa shape index (κ3) is 1.11. The lowest BCUT2D eigenvalue weighted by atomic mass is 10.1. The molecule has 14 heavy (non-hydrogen) atoms. The lowest BCUT2D eigenvalue weighted by Gasteiger charge is -2.10. The number of phenolic OH excluding ortho intramolecular Hbond substituents is 3. The monoisotopic (exact) mass is 200 g/mol. The lowest BCUT2D eigenvalue weighted by Crippen LogP contribution is -2.07. The second kappa shape index (κ2) is 2.87. The van der Waals surface area contributed by atoms with Gasteiger partial charge in [-0.25, -0.2) is 4.79 Å². The summed E-state index contributed by atoms with van der Waals surface area (Å²) in [6.45, 7) is 0. The second-order valence-electron chi connectivity index (χ2n) is 2.55. The molecule has 0 fully saturated rings. The highest BCUT2D eigenvalue weighted by Crippen LogP contribution is 2.46. The zero-order valence-electron chi connectivity index (χ0n) is 6.85. The summed E-state index contributed by atoms with van der Waals surface area (Å²) >= 11 is 0. The van der Waals surface area contributed by atoms with Gasteiger partial charge in [-0.1, -0.05) is 0 Å². The lowest BCUT2D eigenvalue weighted by molar-refractivity contribution is 0.0698. The predicted octanol–water partition coefficient (Wildman–Crippen LogP) is -0.334. The molecule has 0 spiro atoms. The van der Waals surface area contributed by atoms with E-state index in [1.807, 2.05) is 0 Å². The molecule has 1 aromatic carbocycles. The number of anilines is 2. The first-order valence-corrected chi connectivity index (χ1v) is 3.43. The number of aromatic hydroxyl groups is 3. The average Bonchev–Trinajstić information content (AvgIpc) is 2.11. The standard InChI is InChI=1S/C7H8N2O5/c8-2-1(7(13)14)3(9)5(11)6(12)4(2)10/h10-12H,8-9H2,(H,13,14). The highest BCUT2D eigenvalue weighted by molar-refractivity contribution is 6.03. The van der Waals surface area contributed by atoms with E-state index >= 15 is 0 Å². The maximum absolute atomic E-state index is 10.6. The van der Waals surface area contributed by atoms with Crippen molar-refractivity contribution in [3.8, 4) is 17.2 Å². The third-order valence-electron chi connectivity index (χ3n) is 1.71. The van der Waals surface area contributed by atoms with Crippen LogP contribution in [0.5, 0.6) is 17.2 Å². The Kier molecular flexibility index (Phi) is 2.01. The summed E-state index contributed by atoms with van der Waals surface area (Å²) in [6.07, 6.45) is 0. The van der Waals surface area contributed by atoms with Crippen molar-refractivity contribution in [3.05, 3.63) is 5.56 Å². The maximum atomic E-state index is 10.6. The predicted molar refractivity (Wildman–Crippen MR) is 47.2 cm³/mol. The molecular formula is C7H8N2O5. The van der Waals surface area contributed by atoms with Gasteiger partial charge < -0.3 is 31.9 Å². The molecule has 0 unspecified atom stereocenters. The van der Waals surface area contributed by atoms with Crippen LogP contribution in [0.25, 0.3) is 0 Å². The Morgan fingerprint density at radius 1 is 0.929 bits per heavy atom. The number of aromatic carboxylic acids is 1. The van der Waals surface area contributed by atoms with Gasteiger partial charge in [-0.3, -0.25) is 0 Å². The van der Waals surface area contributed by atoms with Gasteiger partial charge in [0.15, 0.2) is 11.5 Å². The summed E-state index contributed by atoms with van der Waals surface area (Å²) in [5.74, 6) is -4.26. The van der Waals surface area contributed by atoms with Gasteiger partial charge in [-0.15, -0.1) is 0 Å². The first kappa shape index (κ1) is 9.78. The van der Waals surface area contributed by atoms with E-state index < -0.39 is 40.2 Å². The number of nitrogens with two attached hydrogens (primary N) is 2. The molecule has 0 aromatic heterocycles. The van der Waals surface area contributed by atoms with Gasteiger partial charge in [0, 0.05) is 0 Å². The second-order valence-corrected chi connectivity index (χ2v) is 2.55. The minimum atomic E-state index is -1.51. The van der Waals surface area contributed by atoms with Gasteiger partial charge in [-0.05, 0) is 0 Å². The smallest absolute Gasteiger partial charge is 0.340 e. The molecule has 0 heterocycles. The maximum Gasteiger partial charge on any atom is 0.340 e. The van der Waals surface area contributed by atoms with E-state index in [1.165, 1.54) is 0 Å². The summed E-state index contributed by atoms with van der Waals surface area (Å²) in [5.41, 5.74) is 8.52. The number of carboxylic acid groups (broad SMARTS) is 1. The number of hydrogen-bond acceptors (Lipinski definition) is 6. The molecule has 1 aromatic rings. The Labute approximate surface area is 77.8 Å². The number of phenols is 3. The molecular weight excluding hydrogens is 192 g/mol. The topological polar surface area (TPSA) is 150 Å². The summed E-state index contributed by atoms with van der Waals surface area (Å²) < 4.78 is 0. The molecule has 0 saturated carbocycles. The number of rotatable bonds is 1. The van der Waals surface area contributed by atoms with Crippen LogP contribution in [-0.2, 0) is 0 Å². The van der Waals surface area contributed by atoms with Crippen molar-refractivity contribution in [2.24, 2.45) is 0 Å². The van der Waals surface area contributed by atoms with Crippen LogP contribution in [0.4, 0.5) is 11.4 Å². The Morgan fingerprint density at radius 2 is 1.29 bits per heavy atom. The Balaban J connectivity index is 3.68. The zero-order chi connectivity index (χ0) is 11.0. The van der Waals surface area contributed by atoms with Gasteiger partial charge in [0.1, 0.15) is 5.56 Å². The Hall–Kier alpha value is -2.31. The molecule has 7 nitrogen and oxygen atoms in total. The third-order valence-corrected chi connectivity index (χ3v) is 1.71. The first-order chi connectivity index (χ1) is 6.37. The molecule has 0 atom stereocenters. The molecule has 76 valence electrons. The van der Waals surface area contributed by atoms with Crippen LogP contribution >= 0.6 is 0 Å². The summed E-state index contributed by atoms with van der Waals surface area (Å²) in [4.78, 5) is 10.6. The van der Waals surface area contributed by atoms with Crippen LogP contribution in [0, 0.1) is 0 Å². The normalized spacial score (nSPS) is 10.0. The van der Waals surface area contributed by atoms with E-state index in [2.05, 4.69) is 0 Å². The molecule has 8 N–H and O–H groups in total. The molecule has 0 bridgehead atoms. The van der Waals surface area contributed by atoms with Crippen molar-refractivity contribution in [1.29, 1.82) is 0 Å². The van der Waals surface area contributed by atoms with Crippen molar-refractivity contribution in [1.82, 2.24) is 0 Å². The zero-order valence-corrected chi connectivity index (χ0v) is 6.85. The molecule has 1 rings (SSSR count).